The topological polar surface area (TPSA) is 83.4 Å². The summed E-state index contributed by atoms with van der Waals surface area (Å²) in [6.45, 7) is 3.85. The van der Waals surface area contributed by atoms with Crippen LogP contribution in [0.25, 0.3) is 10.1 Å². The zero-order chi connectivity index (χ0) is 20.4. The minimum Gasteiger partial charge on any atom is -0.396 e. The van der Waals surface area contributed by atoms with Gasteiger partial charge in [-0.05, 0) is 48.9 Å². The monoisotopic (exact) mass is 403 g/mol. The molecule has 3 rings (SSSR count). The molecule has 2 heterocycles. The van der Waals surface area contributed by atoms with Crippen molar-refractivity contribution in [1.82, 2.24) is 9.88 Å². The lowest BCUT2D eigenvalue weighted by atomic mass is 10.1. The van der Waals surface area contributed by atoms with E-state index in [1.165, 1.54) is 22.0 Å². The van der Waals surface area contributed by atoms with Crippen LogP contribution >= 0.6 is 11.3 Å². The average molecular weight is 403 g/mol. The van der Waals surface area contributed by atoms with Crippen LogP contribution in [0.2, 0.25) is 0 Å². The van der Waals surface area contributed by atoms with Crippen molar-refractivity contribution in [1.29, 1.82) is 0 Å². The van der Waals surface area contributed by atoms with Gasteiger partial charge in [0.15, 0.2) is 0 Å². The Bertz CT molecular complexity index is 1100. The molecule has 0 aliphatic carbocycles. The molecule has 0 fully saturated rings. The van der Waals surface area contributed by atoms with Crippen molar-refractivity contribution in [3.63, 3.8) is 0 Å². The number of fused-ring (bicyclic) bond motifs is 1. The molecule has 6 nitrogen and oxygen atoms in total. The van der Waals surface area contributed by atoms with Crippen molar-refractivity contribution >= 4 is 38.8 Å². The second kappa shape index (κ2) is 8.12. The minimum absolute atomic E-state index is 0.0409. The first-order chi connectivity index (χ1) is 13.3. The fourth-order valence-electron chi connectivity index (χ4n) is 3.01. The highest BCUT2D eigenvalue weighted by molar-refractivity contribution is 7.17. The molecule has 148 valence electrons. The quantitative estimate of drug-likeness (QED) is 0.552. The van der Waals surface area contributed by atoms with Gasteiger partial charge in [-0.1, -0.05) is 6.07 Å². The van der Waals surface area contributed by atoms with E-state index >= 15 is 0 Å². The van der Waals surface area contributed by atoms with E-state index < -0.39 is 5.82 Å². The van der Waals surface area contributed by atoms with Crippen LogP contribution in [0, 0.1) is 19.7 Å². The maximum atomic E-state index is 14.4. The molecule has 3 N–H and O–H groups in total. The molecule has 0 aliphatic heterocycles. The van der Waals surface area contributed by atoms with Crippen LogP contribution in [-0.2, 0) is 7.05 Å². The highest BCUT2D eigenvalue weighted by Gasteiger charge is 2.23. The number of carbonyl (C=O) groups is 1. The molecule has 2 aromatic heterocycles. The van der Waals surface area contributed by atoms with Gasteiger partial charge in [-0.25, -0.2) is 4.39 Å². The molecule has 1 aromatic carbocycles. The fraction of sp³-hybridized carbons (Fsp3) is 0.300. The first-order valence-electron chi connectivity index (χ1n) is 8.88. The SMILES string of the molecule is Cc1ccc(Nc2c(C(=O)NCCCO)c3scc(C)c3c(=O)n2C)c(F)c1. The number of aliphatic hydroxyl groups excluding tert-OH is 1. The van der Waals surface area contributed by atoms with Crippen LogP contribution in [0.4, 0.5) is 15.9 Å². The number of anilines is 2. The molecular weight excluding hydrogens is 381 g/mol. The zero-order valence-corrected chi connectivity index (χ0v) is 16.7. The Kier molecular flexibility index (Phi) is 5.81. The lowest BCUT2D eigenvalue weighted by Crippen LogP contribution is -2.30. The standard InChI is InChI=1S/C20H22FN3O3S/c1-11-5-6-14(13(21)9-11)23-18-16(19(26)22-7-4-8-25)17-15(12(2)10-28-17)20(27)24(18)3/h5-6,9-10,23,25H,4,7-8H2,1-3H3,(H,22,26). The van der Waals surface area contributed by atoms with Crippen LogP contribution in [0.15, 0.2) is 28.4 Å². The molecule has 0 saturated carbocycles. The molecule has 0 atom stereocenters. The number of rotatable bonds is 6. The Labute approximate surface area is 165 Å². The molecular formula is C20H22FN3O3S. The van der Waals surface area contributed by atoms with Crippen LogP contribution in [0.1, 0.15) is 27.9 Å². The molecule has 0 saturated heterocycles. The molecule has 1 amide bonds. The number of aromatic nitrogens is 1. The van der Waals surface area contributed by atoms with Crippen molar-refractivity contribution in [2.75, 3.05) is 18.5 Å². The summed E-state index contributed by atoms with van der Waals surface area (Å²) in [5.74, 6) is -0.629. The second-order valence-electron chi connectivity index (χ2n) is 6.65. The van der Waals surface area contributed by atoms with Gasteiger partial charge in [-0.3, -0.25) is 14.2 Å². The average Bonchev–Trinajstić information content (AvgIpc) is 3.03. The molecule has 0 radical (unpaired) electrons. The molecule has 3 aromatic rings. The predicted octanol–water partition coefficient (Wildman–Crippen LogP) is 3.21. The van der Waals surface area contributed by atoms with E-state index in [4.69, 9.17) is 5.11 Å². The first-order valence-corrected chi connectivity index (χ1v) is 9.76. The Morgan fingerprint density at radius 1 is 1.32 bits per heavy atom. The summed E-state index contributed by atoms with van der Waals surface area (Å²) in [6, 6.07) is 4.71. The van der Waals surface area contributed by atoms with E-state index in [1.807, 2.05) is 12.3 Å². The molecule has 8 heteroatoms. The van der Waals surface area contributed by atoms with Gasteiger partial charge in [0.1, 0.15) is 11.6 Å². The third-order valence-electron chi connectivity index (χ3n) is 4.52. The van der Waals surface area contributed by atoms with Gasteiger partial charge in [0.2, 0.25) is 0 Å². The lowest BCUT2D eigenvalue weighted by molar-refractivity contribution is 0.0953. The third kappa shape index (κ3) is 3.65. The summed E-state index contributed by atoms with van der Waals surface area (Å²) in [5.41, 5.74) is 1.77. The highest BCUT2D eigenvalue weighted by Crippen LogP contribution is 2.32. The lowest BCUT2D eigenvalue weighted by Gasteiger charge is -2.17. The number of aliphatic hydroxyl groups is 1. The summed E-state index contributed by atoms with van der Waals surface area (Å²) < 4.78 is 16.3. The largest absolute Gasteiger partial charge is 0.396 e. The Balaban J connectivity index is 2.19. The number of halogens is 1. The predicted molar refractivity (Wildman–Crippen MR) is 110 cm³/mol. The van der Waals surface area contributed by atoms with Gasteiger partial charge in [0, 0.05) is 20.2 Å². The number of nitrogens with zero attached hydrogens (tertiary/aromatic N) is 1. The number of nitrogens with one attached hydrogen (secondary N) is 2. The summed E-state index contributed by atoms with van der Waals surface area (Å²) >= 11 is 1.31. The second-order valence-corrected chi connectivity index (χ2v) is 7.53. The van der Waals surface area contributed by atoms with Crippen LogP contribution < -0.4 is 16.2 Å². The zero-order valence-electron chi connectivity index (χ0n) is 15.9. The van der Waals surface area contributed by atoms with Crippen LogP contribution in [0.5, 0.6) is 0 Å². The van der Waals surface area contributed by atoms with Crippen molar-refractivity contribution in [2.24, 2.45) is 7.05 Å². The van der Waals surface area contributed by atoms with E-state index in [0.29, 0.717) is 23.1 Å². The summed E-state index contributed by atoms with van der Waals surface area (Å²) in [6.07, 6.45) is 0.416. The molecule has 0 bridgehead atoms. The number of thiophene rings is 1. The van der Waals surface area contributed by atoms with Gasteiger partial charge in [0.25, 0.3) is 11.5 Å². The summed E-state index contributed by atoms with van der Waals surface area (Å²) in [5, 5.41) is 17.0. The van der Waals surface area contributed by atoms with Gasteiger partial charge in [0.05, 0.1) is 21.3 Å². The summed E-state index contributed by atoms with van der Waals surface area (Å²) in [4.78, 5) is 25.8. The van der Waals surface area contributed by atoms with Crippen molar-refractivity contribution in [2.45, 2.75) is 20.3 Å². The Morgan fingerprint density at radius 2 is 2.07 bits per heavy atom. The third-order valence-corrected chi connectivity index (χ3v) is 5.63. The summed E-state index contributed by atoms with van der Waals surface area (Å²) in [7, 11) is 1.55. The van der Waals surface area contributed by atoms with E-state index in [0.717, 1.165) is 11.1 Å². The fourth-order valence-corrected chi connectivity index (χ4v) is 4.10. The number of hydrogen-bond donors (Lipinski definition) is 3. The Morgan fingerprint density at radius 3 is 2.75 bits per heavy atom. The molecule has 28 heavy (non-hydrogen) atoms. The van der Waals surface area contributed by atoms with Gasteiger partial charge < -0.3 is 15.7 Å². The van der Waals surface area contributed by atoms with Gasteiger partial charge in [-0.15, -0.1) is 11.3 Å². The molecule has 0 aliphatic rings. The molecule has 0 unspecified atom stereocenters. The van der Waals surface area contributed by atoms with E-state index in [2.05, 4.69) is 10.6 Å². The number of pyridine rings is 1. The van der Waals surface area contributed by atoms with Crippen molar-refractivity contribution in [3.05, 3.63) is 56.4 Å². The van der Waals surface area contributed by atoms with Crippen molar-refractivity contribution in [3.8, 4) is 0 Å². The number of benzene rings is 1. The number of amides is 1. The minimum atomic E-state index is -0.471. The highest BCUT2D eigenvalue weighted by atomic mass is 32.1. The first kappa shape index (κ1) is 20.0. The van der Waals surface area contributed by atoms with Gasteiger partial charge >= 0.3 is 0 Å². The number of carbonyl (C=O) groups excluding carboxylic acids is 1. The normalized spacial score (nSPS) is 11.0. The van der Waals surface area contributed by atoms with E-state index in [9.17, 15) is 14.0 Å². The van der Waals surface area contributed by atoms with Crippen LogP contribution in [-0.4, -0.2) is 28.7 Å². The Hall–Kier alpha value is -2.71. The smallest absolute Gasteiger partial charge is 0.260 e. The van der Waals surface area contributed by atoms with Crippen molar-refractivity contribution < 1.29 is 14.3 Å². The van der Waals surface area contributed by atoms with E-state index in [1.54, 1.807) is 26.1 Å². The van der Waals surface area contributed by atoms with Crippen LogP contribution in [0.3, 0.4) is 0 Å². The maximum absolute atomic E-state index is 14.4. The number of hydrogen-bond acceptors (Lipinski definition) is 5. The van der Waals surface area contributed by atoms with Gasteiger partial charge in [-0.2, -0.15) is 0 Å². The maximum Gasteiger partial charge on any atom is 0.260 e. The van der Waals surface area contributed by atoms with E-state index in [-0.39, 0.29) is 35.1 Å². The number of aryl methyl sites for hydroxylation is 2. The molecule has 0 spiro atoms.